The number of aliphatic hydroxyl groups is 1. The summed E-state index contributed by atoms with van der Waals surface area (Å²) in [6.07, 6.45) is 5.16. The summed E-state index contributed by atoms with van der Waals surface area (Å²) in [5.74, 6) is 0. The maximum absolute atomic E-state index is 12.7. The van der Waals surface area contributed by atoms with Gasteiger partial charge in [0, 0.05) is 16.2 Å². The minimum atomic E-state index is -1.29. The van der Waals surface area contributed by atoms with Crippen molar-refractivity contribution in [2.45, 2.75) is 31.3 Å². The molecule has 0 spiro atoms. The second kappa shape index (κ2) is 8.61. The molecule has 0 radical (unpaired) electrons. The van der Waals surface area contributed by atoms with E-state index in [1.165, 1.54) is 0 Å². The first-order chi connectivity index (χ1) is 11.1. The van der Waals surface area contributed by atoms with E-state index in [1.54, 1.807) is 12.2 Å². The molecule has 2 atom stereocenters. The van der Waals surface area contributed by atoms with E-state index in [0.29, 0.717) is 11.3 Å². The number of hydrogen-bond donors (Lipinski definition) is 1. The van der Waals surface area contributed by atoms with Crippen LogP contribution in [0.1, 0.15) is 18.1 Å². The summed E-state index contributed by atoms with van der Waals surface area (Å²) in [5, 5.41) is 10.3. The largest absolute Gasteiger partial charge is 0.389 e. The minimum Gasteiger partial charge on any atom is -0.389 e. The number of allylic oxidation sites excluding steroid dienone is 2. The zero-order chi connectivity index (χ0) is 16.7. The Morgan fingerprint density at radius 2 is 1.78 bits per heavy atom. The molecule has 0 aliphatic carbocycles. The fraction of sp³-hybridized carbons (Fsp3) is 0.200. The third kappa shape index (κ3) is 5.31. The molecule has 0 amide bonds. The normalized spacial score (nSPS) is 14.8. The molecule has 0 saturated heterocycles. The van der Waals surface area contributed by atoms with Crippen molar-refractivity contribution in [3.8, 4) is 0 Å². The number of rotatable bonds is 6. The van der Waals surface area contributed by atoms with Crippen LogP contribution < -0.4 is 0 Å². The van der Waals surface area contributed by atoms with E-state index in [-0.39, 0.29) is 0 Å². The highest BCUT2D eigenvalue weighted by Gasteiger charge is 2.11. The van der Waals surface area contributed by atoms with E-state index >= 15 is 0 Å². The lowest BCUT2D eigenvalue weighted by molar-refractivity contribution is 0.223. The summed E-state index contributed by atoms with van der Waals surface area (Å²) in [6.45, 7) is 3.88. The van der Waals surface area contributed by atoms with Crippen molar-refractivity contribution >= 4 is 10.8 Å². The average molecular weight is 326 g/mol. The van der Waals surface area contributed by atoms with E-state index in [9.17, 15) is 9.32 Å². The summed E-state index contributed by atoms with van der Waals surface area (Å²) in [7, 11) is -1.29. The highest BCUT2D eigenvalue weighted by molar-refractivity contribution is 7.89. The smallest absolute Gasteiger partial charge is 0.0847 e. The minimum absolute atomic E-state index is 0.507. The van der Waals surface area contributed by atoms with Gasteiger partial charge in [-0.1, -0.05) is 60.2 Å². The Kier molecular flexibility index (Phi) is 6.51. The molecule has 120 valence electrons. The predicted molar refractivity (Wildman–Crippen MR) is 96.6 cm³/mol. The van der Waals surface area contributed by atoms with E-state index in [2.05, 4.69) is 0 Å². The molecule has 0 heterocycles. The van der Waals surface area contributed by atoms with Crippen LogP contribution >= 0.6 is 0 Å². The molecule has 3 heteroatoms. The van der Waals surface area contributed by atoms with Crippen molar-refractivity contribution in [1.82, 2.24) is 0 Å². The highest BCUT2D eigenvalue weighted by atomic mass is 32.2. The lowest BCUT2D eigenvalue weighted by Crippen LogP contribution is -2.09. The van der Waals surface area contributed by atoms with Crippen LogP contribution in [0.15, 0.2) is 82.6 Å². The lowest BCUT2D eigenvalue weighted by atomic mass is 10.1. The summed E-state index contributed by atoms with van der Waals surface area (Å²) < 4.78 is 12.7. The van der Waals surface area contributed by atoms with E-state index in [1.807, 2.05) is 74.5 Å². The summed E-state index contributed by atoms with van der Waals surface area (Å²) >= 11 is 0. The van der Waals surface area contributed by atoms with Crippen molar-refractivity contribution in [3.05, 3.63) is 88.9 Å². The zero-order valence-corrected chi connectivity index (χ0v) is 14.3. The van der Waals surface area contributed by atoms with Crippen LogP contribution in [0.25, 0.3) is 0 Å². The number of hydrogen-bond acceptors (Lipinski definition) is 2. The van der Waals surface area contributed by atoms with E-state index < -0.39 is 16.9 Å². The first kappa shape index (κ1) is 17.4. The maximum Gasteiger partial charge on any atom is 0.0847 e. The Labute approximate surface area is 140 Å². The molecule has 23 heavy (non-hydrogen) atoms. The van der Waals surface area contributed by atoms with Crippen molar-refractivity contribution in [2.75, 3.05) is 0 Å². The number of aryl methyl sites for hydroxylation is 1. The molecule has 2 nitrogen and oxygen atoms in total. The van der Waals surface area contributed by atoms with Crippen molar-refractivity contribution in [1.29, 1.82) is 0 Å². The molecule has 0 aromatic heterocycles. The molecular weight excluding hydrogens is 304 g/mol. The van der Waals surface area contributed by atoms with Gasteiger partial charge in [0.2, 0.25) is 0 Å². The van der Waals surface area contributed by atoms with Crippen molar-refractivity contribution in [3.63, 3.8) is 0 Å². The van der Waals surface area contributed by atoms with Gasteiger partial charge in [-0.25, -0.2) is 4.21 Å². The van der Waals surface area contributed by atoms with Crippen LogP contribution in [0.5, 0.6) is 0 Å². The summed E-state index contributed by atoms with van der Waals surface area (Å²) in [6, 6.07) is 17.4. The molecule has 0 aliphatic rings. The van der Waals surface area contributed by atoms with Gasteiger partial charge in [0.05, 0.1) is 16.9 Å². The molecule has 2 aromatic carbocycles. The van der Waals surface area contributed by atoms with Gasteiger partial charge < -0.3 is 5.11 Å². The quantitative estimate of drug-likeness (QED) is 0.809. The van der Waals surface area contributed by atoms with Crippen LogP contribution in [0.2, 0.25) is 0 Å². The molecule has 0 saturated carbocycles. The van der Waals surface area contributed by atoms with Gasteiger partial charge in [-0.2, -0.15) is 0 Å². The summed E-state index contributed by atoms with van der Waals surface area (Å²) in [4.78, 5) is 1.37. The molecule has 2 aromatic rings. The van der Waals surface area contributed by atoms with Gasteiger partial charge in [-0.15, -0.1) is 0 Å². The van der Waals surface area contributed by atoms with E-state index in [4.69, 9.17) is 0 Å². The van der Waals surface area contributed by atoms with E-state index in [0.717, 1.165) is 16.0 Å². The fourth-order valence-corrected chi connectivity index (χ4v) is 3.44. The highest BCUT2D eigenvalue weighted by Crippen LogP contribution is 2.18. The van der Waals surface area contributed by atoms with Crippen LogP contribution in [0.4, 0.5) is 0 Å². The Morgan fingerprint density at radius 1 is 1.13 bits per heavy atom. The number of aliphatic hydroxyl groups excluding tert-OH is 1. The van der Waals surface area contributed by atoms with Crippen molar-refractivity contribution < 1.29 is 9.32 Å². The van der Waals surface area contributed by atoms with Crippen LogP contribution in [0, 0.1) is 6.92 Å². The first-order valence-corrected chi connectivity index (χ1v) is 8.80. The Balaban J connectivity index is 2.19. The Bertz CT molecular complexity index is 700. The van der Waals surface area contributed by atoms with Gasteiger partial charge in [0.25, 0.3) is 0 Å². The molecule has 0 bridgehead atoms. The van der Waals surface area contributed by atoms with Gasteiger partial charge in [-0.3, -0.25) is 0 Å². The third-order valence-electron chi connectivity index (χ3n) is 3.42. The van der Waals surface area contributed by atoms with Crippen molar-refractivity contribution in [2.24, 2.45) is 0 Å². The van der Waals surface area contributed by atoms with Gasteiger partial charge in [-0.05, 0) is 37.6 Å². The maximum atomic E-state index is 12.7. The molecule has 0 aliphatic heterocycles. The first-order valence-electron chi connectivity index (χ1n) is 7.65. The van der Waals surface area contributed by atoms with Gasteiger partial charge in [0.15, 0.2) is 0 Å². The molecule has 0 fully saturated rings. The van der Waals surface area contributed by atoms with Crippen LogP contribution in [0.3, 0.4) is 0 Å². The topological polar surface area (TPSA) is 37.3 Å². The summed E-state index contributed by atoms with van der Waals surface area (Å²) in [5.41, 5.74) is 2.18. The SMILES string of the molecule is C/C=C/C(=C/[C@@H](O)Cc1ccccc1)[S@@](=O)c1ccc(C)cc1. The van der Waals surface area contributed by atoms with Crippen LogP contribution in [-0.4, -0.2) is 15.4 Å². The molecule has 2 rings (SSSR count). The zero-order valence-electron chi connectivity index (χ0n) is 13.5. The monoisotopic (exact) mass is 326 g/mol. The lowest BCUT2D eigenvalue weighted by Gasteiger charge is -2.09. The Morgan fingerprint density at radius 3 is 2.39 bits per heavy atom. The fourth-order valence-electron chi connectivity index (χ4n) is 2.25. The predicted octanol–water partition coefficient (Wildman–Crippen LogP) is 4.17. The number of benzene rings is 2. The molecule has 1 N–H and O–H groups in total. The third-order valence-corrected chi connectivity index (χ3v) is 4.83. The molecular formula is C20H22O2S. The Hall–Kier alpha value is -1.97. The molecule has 0 unspecified atom stereocenters. The standard InChI is InChI=1S/C20H22O2S/c1-3-7-20(23(22)19-12-10-16(2)11-13-19)15-18(21)14-17-8-5-4-6-9-17/h3-13,15,18,21H,14H2,1-2H3/b7-3+,20-15-/t18-,23-/m0/s1. The average Bonchev–Trinajstić information content (AvgIpc) is 2.55. The second-order valence-electron chi connectivity index (χ2n) is 5.41. The van der Waals surface area contributed by atoms with Crippen LogP contribution in [-0.2, 0) is 17.2 Å². The van der Waals surface area contributed by atoms with Gasteiger partial charge >= 0.3 is 0 Å². The van der Waals surface area contributed by atoms with Gasteiger partial charge in [0.1, 0.15) is 0 Å². The second-order valence-corrected chi connectivity index (χ2v) is 6.89.